The van der Waals surface area contributed by atoms with Crippen molar-refractivity contribution in [3.63, 3.8) is 0 Å². The van der Waals surface area contributed by atoms with Crippen LogP contribution in [0.15, 0.2) is 36.4 Å². The van der Waals surface area contributed by atoms with Crippen LogP contribution in [-0.2, 0) is 9.53 Å². The van der Waals surface area contributed by atoms with Crippen LogP contribution in [0.3, 0.4) is 0 Å². The lowest BCUT2D eigenvalue weighted by atomic mass is 9.93. The average Bonchev–Trinajstić information content (AvgIpc) is 2.54. The molecule has 1 unspecified atom stereocenters. The third kappa shape index (κ3) is 3.58. The van der Waals surface area contributed by atoms with Crippen molar-refractivity contribution >= 4 is 11.9 Å². The number of ketones is 1. The van der Waals surface area contributed by atoms with Crippen molar-refractivity contribution in [3.8, 4) is 0 Å². The van der Waals surface area contributed by atoms with Gasteiger partial charge in [0, 0.05) is 0 Å². The predicted octanol–water partition coefficient (Wildman–Crippen LogP) is -1.57. The van der Waals surface area contributed by atoms with Crippen LogP contribution in [0.2, 0.25) is 0 Å². The molecule has 0 aliphatic carbocycles. The molecular weight excluding hydrogens is 292 g/mol. The summed E-state index contributed by atoms with van der Waals surface area (Å²) in [5.41, 5.74) is 0.739. The van der Waals surface area contributed by atoms with Crippen LogP contribution in [0.1, 0.15) is 5.56 Å². The number of aliphatic hydroxyl groups excluding tert-OH is 5. The molecule has 1 aromatic carbocycles. The zero-order valence-electron chi connectivity index (χ0n) is 11.6. The SMILES string of the molecule is O=C(/C=C/c1ccccc1)C(O)[C@H]1O[C@H](O)[C@H](O)[C@@H](O)[C@@H]1O. The van der Waals surface area contributed by atoms with Gasteiger partial charge in [-0.3, -0.25) is 4.79 Å². The van der Waals surface area contributed by atoms with Gasteiger partial charge in [0.1, 0.15) is 30.5 Å². The standard InChI is InChI=1S/C15H18O7/c16-9(7-6-8-4-2-1-3-5-8)10(17)14-12(19)11(18)13(20)15(21)22-14/h1-7,10-15,17-21H/b7-6+/t10?,11-,12-,13+,14+,15-/m0/s1. The minimum atomic E-state index is -1.80. The molecule has 7 heteroatoms. The third-order valence-electron chi connectivity index (χ3n) is 3.47. The van der Waals surface area contributed by atoms with E-state index in [1.165, 1.54) is 6.08 Å². The van der Waals surface area contributed by atoms with E-state index >= 15 is 0 Å². The van der Waals surface area contributed by atoms with Crippen LogP contribution in [0, 0.1) is 0 Å². The van der Waals surface area contributed by atoms with Crippen molar-refractivity contribution in [2.24, 2.45) is 0 Å². The van der Waals surface area contributed by atoms with E-state index in [4.69, 9.17) is 4.74 Å². The normalized spacial score (nSPS) is 33.8. The molecule has 7 nitrogen and oxygen atoms in total. The third-order valence-corrected chi connectivity index (χ3v) is 3.47. The fraction of sp³-hybridized carbons (Fsp3) is 0.400. The number of hydrogen-bond donors (Lipinski definition) is 5. The fourth-order valence-corrected chi connectivity index (χ4v) is 2.15. The molecule has 6 atom stereocenters. The summed E-state index contributed by atoms with van der Waals surface area (Å²) >= 11 is 0. The van der Waals surface area contributed by atoms with E-state index in [9.17, 15) is 30.3 Å². The van der Waals surface area contributed by atoms with E-state index in [1.54, 1.807) is 24.3 Å². The van der Waals surface area contributed by atoms with Crippen LogP contribution >= 0.6 is 0 Å². The van der Waals surface area contributed by atoms with Gasteiger partial charge in [-0.1, -0.05) is 36.4 Å². The number of aliphatic hydroxyl groups is 5. The van der Waals surface area contributed by atoms with E-state index in [1.807, 2.05) is 6.07 Å². The summed E-state index contributed by atoms with van der Waals surface area (Å²) in [6, 6.07) is 8.89. The summed E-state index contributed by atoms with van der Waals surface area (Å²) in [4.78, 5) is 11.9. The molecule has 0 amide bonds. The molecule has 1 heterocycles. The van der Waals surface area contributed by atoms with Gasteiger partial charge >= 0.3 is 0 Å². The minimum absolute atomic E-state index is 0.739. The fourth-order valence-electron chi connectivity index (χ4n) is 2.15. The molecule has 0 saturated carbocycles. The van der Waals surface area contributed by atoms with E-state index < -0.39 is 42.6 Å². The second-order valence-electron chi connectivity index (χ2n) is 5.05. The van der Waals surface area contributed by atoms with Gasteiger partial charge in [-0.25, -0.2) is 0 Å². The smallest absolute Gasteiger partial charge is 0.186 e. The van der Waals surface area contributed by atoms with Gasteiger partial charge in [0.25, 0.3) is 0 Å². The first-order valence-electron chi connectivity index (χ1n) is 6.74. The maximum absolute atomic E-state index is 11.9. The number of hydrogen-bond acceptors (Lipinski definition) is 7. The Hall–Kier alpha value is -1.61. The molecule has 0 spiro atoms. The Morgan fingerprint density at radius 1 is 1.05 bits per heavy atom. The van der Waals surface area contributed by atoms with Crippen molar-refractivity contribution in [2.75, 3.05) is 0 Å². The Bertz CT molecular complexity index is 530. The van der Waals surface area contributed by atoms with E-state index in [2.05, 4.69) is 0 Å². The Balaban J connectivity index is 2.05. The second-order valence-corrected chi connectivity index (χ2v) is 5.05. The maximum atomic E-state index is 11.9. The Morgan fingerprint density at radius 3 is 2.32 bits per heavy atom. The summed E-state index contributed by atoms with van der Waals surface area (Å²) in [6.07, 6.45) is -7.69. The molecule has 22 heavy (non-hydrogen) atoms. The van der Waals surface area contributed by atoms with Crippen LogP contribution in [0.25, 0.3) is 6.08 Å². The van der Waals surface area contributed by atoms with Gasteiger partial charge in [-0.2, -0.15) is 0 Å². The summed E-state index contributed by atoms with van der Waals surface area (Å²) in [5.74, 6) is -0.760. The van der Waals surface area contributed by atoms with Gasteiger partial charge in [-0.15, -0.1) is 0 Å². The molecule has 5 N–H and O–H groups in total. The van der Waals surface area contributed by atoms with Gasteiger partial charge < -0.3 is 30.3 Å². The zero-order valence-corrected chi connectivity index (χ0v) is 11.6. The molecule has 120 valence electrons. The topological polar surface area (TPSA) is 127 Å². The molecule has 1 aliphatic heterocycles. The van der Waals surface area contributed by atoms with Crippen molar-refractivity contribution in [3.05, 3.63) is 42.0 Å². The Kier molecular flexibility index (Phi) is 5.41. The summed E-state index contributed by atoms with van der Waals surface area (Å²) in [5, 5.41) is 47.9. The van der Waals surface area contributed by atoms with E-state index in [-0.39, 0.29) is 0 Å². The zero-order chi connectivity index (χ0) is 16.3. The monoisotopic (exact) mass is 310 g/mol. The highest BCUT2D eigenvalue weighted by atomic mass is 16.6. The second kappa shape index (κ2) is 7.10. The predicted molar refractivity (Wildman–Crippen MR) is 75.4 cm³/mol. The Morgan fingerprint density at radius 2 is 1.68 bits per heavy atom. The summed E-state index contributed by atoms with van der Waals surface area (Å²) in [7, 11) is 0. The van der Waals surface area contributed by atoms with Crippen molar-refractivity contribution in [2.45, 2.75) is 36.8 Å². The number of carbonyl (C=O) groups is 1. The van der Waals surface area contributed by atoms with Crippen molar-refractivity contribution < 1.29 is 35.1 Å². The molecule has 1 aromatic rings. The minimum Gasteiger partial charge on any atom is -0.387 e. The van der Waals surface area contributed by atoms with E-state index in [0.717, 1.165) is 11.6 Å². The number of ether oxygens (including phenoxy) is 1. The number of rotatable bonds is 4. The Labute approximate surface area is 126 Å². The van der Waals surface area contributed by atoms with E-state index in [0.29, 0.717) is 0 Å². The lowest BCUT2D eigenvalue weighted by Crippen LogP contribution is -2.61. The van der Waals surface area contributed by atoms with Gasteiger partial charge in [0.15, 0.2) is 12.1 Å². The largest absolute Gasteiger partial charge is 0.387 e. The van der Waals surface area contributed by atoms with Crippen molar-refractivity contribution in [1.82, 2.24) is 0 Å². The average molecular weight is 310 g/mol. The van der Waals surface area contributed by atoms with Crippen LogP contribution in [0.5, 0.6) is 0 Å². The highest BCUT2D eigenvalue weighted by Gasteiger charge is 2.47. The quantitative estimate of drug-likeness (QED) is 0.425. The lowest BCUT2D eigenvalue weighted by molar-refractivity contribution is -0.293. The van der Waals surface area contributed by atoms with Crippen molar-refractivity contribution in [1.29, 1.82) is 0 Å². The molecular formula is C15H18O7. The number of carbonyl (C=O) groups excluding carboxylic acids is 1. The molecule has 0 bridgehead atoms. The highest BCUT2D eigenvalue weighted by Crippen LogP contribution is 2.22. The number of benzene rings is 1. The van der Waals surface area contributed by atoms with Crippen LogP contribution < -0.4 is 0 Å². The maximum Gasteiger partial charge on any atom is 0.186 e. The first-order chi connectivity index (χ1) is 10.4. The molecule has 2 rings (SSSR count). The molecule has 1 fully saturated rings. The highest BCUT2D eigenvalue weighted by molar-refractivity contribution is 5.97. The van der Waals surface area contributed by atoms with Crippen LogP contribution in [-0.4, -0.2) is 68.1 Å². The molecule has 0 aromatic heterocycles. The first kappa shape index (κ1) is 16.8. The van der Waals surface area contributed by atoms with Gasteiger partial charge in [-0.05, 0) is 11.6 Å². The van der Waals surface area contributed by atoms with Gasteiger partial charge in [0.05, 0.1) is 0 Å². The lowest BCUT2D eigenvalue weighted by Gasteiger charge is -2.39. The first-order valence-corrected chi connectivity index (χ1v) is 6.74. The van der Waals surface area contributed by atoms with Crippen LogP contribution in [0.4, 0.5) is 0 Å². The summed E-state index contributed by atoms with van der Waals surface area (Å²) < 4.78 is 4.81. The molecule has 1 aliphatic rings. The summed E-state index contributed by atoms with van der Waals surface area (Å²) in [6.45, 7) is 0. The molecule has 0 radical (unpaired) electrons. The van der Waals surface area contributed by atoms with Gasteiger partial charge in [0.2, 0.25) is 0 Å². The molecule has 1 saturated heterocycles.